The average Bonchev–Trinajstić information content (AvgIpc) is 2.55. The van der Waals surface area contributed by atoms with E-state index in [1.807, 2.05) is 18.2 Å². The third-order valence-corrected chi connectivity index (χ3v) is 4.41. The van der Waals surface area contributed by atoms with Gasteiger partial charge in [0.1, 0.15) is 5.82 Å². The van der Waals surface area contributed by atoms with E-state index in [0.29, 0.717) is 5.69 Å². The molecule has 0 atom stereocenters. The van der Waals surface area contributed by atoms with Crippen molar-refractivity contribution in [2.24, 2.45) is 5.92 Å². The number of hydrogen-bond donors (Lipinski definition) is 2. The molecule has 1 amide bonds. The van der Waals surface area contributed by atoms with Gasteiger partial charge < -0.3 is 11.1 Å². The van der Waals surface area contributed by atoms with E-state index in [9.17, 15) is 9.18 Å². The Bertz CT molecular complexity index is 711. The number of halogens is 1. The Morgan fingerprint density at radius 1 is 1.17 bits per heavy atom. The Morgan fingerprint density at radius 3 is 2.62 bits per heavy atom. The van der Waals surface area contributed by atoms with Crippen molar-refractivity contribution >= 4 is 17.3 Å². The number of anilines is 2. The van der Waals surface area contributed by atoms with Crippen LogP contribution in [0.15, 0.2) is 48.5 Å². The van der Waals surface area contributed by atoms with Crippen LogP contribution in [0.25, 0.3) is 0 Å². The highest BCUT2D eigenvalue weighted by Crippen LogP contribution is 2.21. The number of likely N-dealkylation sites (tertiary alicyclic amines) is 1. The fourth-order valence-electron chi connectivity index (χ4n) is 3.11. The highest BCUT2D eigenvalue weighted by atomic mass is 19.1. The highest BCUT2D eigenvalue weighted by molar-refractivity contribution is 5.92. The molecule has 1 fully saturated rings. The maximum Gasteiger partial charge on any atom is 0.227 e. The molecule has 0 aliphatic carbocycles. The van der Waals surface area contributed by atoms with Crippen molar-refractivity contribution in [3.8, 4) is 0 Å². The van der Waals surface area contributed by atoms with Crippen molar-refractivity contribution in [1.82, 2.24) is 4.90 Å². The molecule has 0 spiro atoms. The molecule has 126 valence electrons. The lowest BCUT2D eigenvalue weighted by Crippen LogP contribution is -2.37. The normalized spacial score (nSPS) is 16.0. The van der Waals surface area contributed by atoms with Crippen molar-refractivity contribution in [3.05, 3.63) is 59.9 Å². The molecule has 0 saturated carbocycles. The SMILES string of the molecule is Nc1cccc(CN2CCC(C(=O)Nc3cccc(F)c3)CC2)c1. The highest BCUT2D eigenvalue weighted by Gasteiger charge is 2.25. The van der Waals surface area contributed by atoms with Gasteiger partial charge >= 0.3 is 0 Å². The average molecular weight is 327 g/mol. The number of nitrogens with two attached hydrogens (primary N) is 1. The summed E-state index contributed by atoms with van der Waals surface area (Å²) in [4.78, 5) is 14.7. The number of piperidine rings is 1. The lowest BCUT2D eigenvalue weighted by Gasteiger charge is -2.31. The van der Waals surface area contributed by atoms with E-state index in [1.54, 1.807) is 12.1 Å². The second-order valence-electron chi connectivity index (χ2n) is 6.30. The van der Waals surface area contributed by atoms with E-state index in [2.05, 4.69) is 16.3 Å². The van der Waals surface area contributed by atoms with Crippen LogP contribution in [0.5, 0.6) is 0 Å². The summed E-state index contributed by atoms with van der Waals surface area (Å²) in [5.74, 6) is -0.390. The molecule has 0 aromatic heterocycles. The van der Waals surface area contributed by atoms with Crippen LogP contribution in [-0.4, -0.2) is 23.9 Å². The van der Waals surface area contributed by atoms with Crippen LogP contribution in [0.4, 0.5) is 15.8 Å². The summed E-state index contributed by atoms with van der Waals surface area (Å²) >= 11 is 0. The molecule has 3 N–H and O–H groups in total. The molecule has 1 saturated heterocycles. The second-order valence-corrected chi connectivity index (χ2v) is 6.30. The standard InChI is InChI=1S/C19H22FN3O/c20-16-4-2-6-18(12-16)22-19(24)15-7-9-23(10-8-15)13-14-3-1-5-17(21)11-14/h1-6,11-12,15H,7-10,13,21H2,(H,22,24). The predicted octanol–water partition coefficient (Wildman–Crippen LogP) is 3.26. The second kappa shape index (κ2) is 7.45. The predicted molar refractivity (Wildman–Crippen MR) is 93.9 cm³/mol. The van der Waals surface area contributed by atoms with E-state index in [0.717, 1.165) is 38.2 Å². The fraction of sp³-hybridized carbons (Fsp3) is 0.316. The molecular formula is C19H22FN3O. The zero-order valence-corrected chi connectivity index (χ0v) is 13.5. The van der Waals surface area contributed by atoms with Crippen LogP contribution < -0.4 is 11.1 Å². The molecule has 4 nitrogen and oxygen atoms in total. The van der Waals surface area contributed by atoms with E-state index in [-0.39, 0.29) is 17.6 Å². The Hall–Kier alpha value is -2.40. The number of nitrogens with one attached hydrogen (secondary N) is 1. The molecule has 2 aromatic carbocycles. The third kappa shape index (κ3) is 4.32. The van der Waals surface area contributed by atoms with Crippen LogP contribution in [0.1, 0.15) is 18.4 Å². The minimum atomic E-state index is -0.343. The molecule has 1 heterocycles. The molecule has 0 bridgehead atoms. The van der Waals surface area contributed by atoms with Crippen molar-refractivity contribution in [2.75, 3.05) is 24.1 Å². The van der Waals surface area contributed by atoms with Crippen LogP contribution in [-0.2, 0) is 11.3 Å². The number of nitrogen functional groups attached to an aromatic ring is 1. The summed E-state index contributed by atoms with van der Waals surface area (Å²) in [5, 5.41) is 2.81. The Kier molecular flexibility index (Phi) is 5.11. The fourth-order valence-corrected chi connectivity index (χ4v) is 3.11. The van der Waals surface area contributed by atoms with Crippen LogP contribution in [0.2, 0.25) is 0 Å². The smallest absolute Gasteiger partial charge is 0.227 e. The first kappa shape index (κ1) is 16.5. The topological polar surface area (TPSA) is 58.4 Å². The third-order valence-electron chi connectivity index (χ3n) is 4.41. The van der Waals surface area contributed by atoms with E-state index < -0.39 is 0 Å². The molecule has 1 aliphatic rings. The maximum atomic E-state index is 13.2. The number of benzene rings is 2. The van der Waals surface area contributed by atoms with Gasteiger partial charge in [-0.25, -0.2) is 4.39 Å². The van der Waals surface area contributed by atoms with Gasteiger partial charge in [0.25, 0.3) is 0 Å². The minimum absolute atomic E-state index is 0.0228. The van der Waals surface area contributed by atoms with Gasteiger partial charge in [0.15, 0.2) is 0 Å². The molecular weight excluding hydrogens is 305 g/mol. The summed E-state index contributed by atoms with van der Waals surface area (Å²) in [6, 6.07) is 13.9. The summed E-state index contributed by atoms with van der Waals surface area (Å²) < 4.78 is 13.2. The minimum Gasteiger partial charge on any atom is -0.399 e. The number of carbonyl (C=O) groups excluding carboxylic acids is 1. The summed E-state index contributed by atoms with van der Waals surface area (Å²) in [6.45, 7) is 2.59. The number of nitrogens with zero attached hydrogens (tertiary/aromatic N) is 1. The van der Waals surface area contributed by atoms with Gasteiger partial charge in [0.05, 0.1) is 0 Å². The van der Waals surface area contributed by atoms with Crippen LogP contribution >= 0.6 is 0 Å². The van der Waals surface area contributed by atoms with Gasteiger partial charge in [0, 0.05) is 23.8 Å². The van der Waals surface area contributed by atoms with Crippen LogP contribution in [0.3, 0.4) is 0 Å². The van der Waals surface area contributed by atoms with Crippen molar-refractivity contribution in [3.63, 3.8) is 0 Å². The van der Waals surface area contributed by atoms with Gasteiger partial charge in [0.2, 0.25) is 5.91 Å². The first-order valence-corrected chi connectivity index (χ1v) is 8.23. The first-order valence-electron chi connectivity index (χ1n) is 8.23. The maximum absolute atomic E-state index is 13.2. The summed E-state index contributed by atoms with van der Waals surface area (Å²) in [7, 11) is 0. The van der Waals surface area contributed by atoms with Gasteiger partial charge in [-0.05, 0) is 61.8 Å². The summed E-state index contributed by atoms with van der Waals surface area (Å²) in [5.41, 5.74) is 8.29. The number of carbonyl (C=O) groups is 1. The van der Waals surface area contributed by atoms with E-state index >= 15 is 0 Å². The van der Waals surface area contributed by atoms with Gasteiger partial charge in [-0.15, -0.1) is 0 Å². The van der Waals surface area contributed by atoms with Crippen molar-refractivity contribution in [1.29, 1.82) is 0 Å². The largest absolute Gasteiger partial charge is 0.399 e. The van der Waals surface area contributed by atoms with Gasteiger partial charge in [-0.2, -0.15) is 0 Å². The Balaban J connectivity index is 1.50. The monoisotopic (exact) mass is 327 g/mol. The Morgan fingerprint density at radius 2 is 1.92 bits per heavy atom. The lowest BCUT2D eigenvalue weighted by atomic mass is 9.95. The molecule has 1 aliphatic heterocycles. The first-order chi connectivity index (χ1) is 11.6. The van der Waals surface area contributed by atoms with E-state index in [4.69, 9.17) is 5.73 Å². The zero-order valence-electron chi connectivity index (χ0n) is 13.5. The van der Waals surface area contributed by atoms with Crippen molar-refractivity contribution in [2.45, 2.75) is 19.4 Å². The molecule has 5 heteroatoms. The molecule has 24 heavy (non-hydrogen) atoms. The lowest BCUT2D eigenvalue weighted by molar-refractivity contribution is -0.121. The molecule has 3 rings (SSSR count). The van der Waals surface area contributed by atoms with Crippen LogP contribution in [0, 0.1) is 11.7 Å². The quantitative estimate of drug-likeness (QED) is 0.848. The molecule has 2 aromatic rings. The van der Waals surface area contributed by atoms with Crippen molar-refractivity contribution < 1.29 is 9.18 Å². The van der Waals surface area contributed by atoms with E-state index in [1.165, 1.54) is 17.7 Å². The number of amides is 1. The molecule has 0 radical (unpaired) electrons. The zero-order chi connectivity index (χ0) is 16.9. The Labute approximate surface area is 141 Å². The van der Waals surface area contributed by atoms with Gasteiger partial charge in [-0.1, -0.05) is 18.2 Å². The molecule has 0 unspecified atom stereocenters. The summed E-state index contributed by atoms with van der Waals surface area (Å²) in [6.07, 6.45) is 1.62. The van der Waals surface area contributed by atoms with Gasteiger partial charge in [-0.3, -0.25) is 9.69 Å². The number of hydrogen-bond acceptors (Lipinski definition) is 3. The number of rotatable bonds is 4.